The highest BCUT2D eigenvalue weighted by molar-refractivity contribution is 7.14. The molecule has 0 spiro atoms. The summed E-state index contributed by atoms with van der Waals surface area (Å²) in [5.41, 5.74) is 1.13. The maximum Gasteiger partial charge on any atom is 0.265 e. The van der Waals surface area contributed by atoms with Gasteiger partial charge in [0.1, 0.15) is 0 Å². The minimum atomic E-state index is -2.73. The van der Waals surface area contributed by atoms with Gasteiger partial charge in [-0.15, -0.1) is 11.3 Å². The Hall–Kier alpha value is -0.970. The van der Waals surface area contributed by atoms with Crippen molar-refractivity contribution >= 4 is 17.2 Å². The van der Waals surface area contributed by atoms with E-state index >= 15 is 0 Å². The van der Waals surface area contributed by atoms with Crippen LogP contribution in [0.4, 0.5) is 8.78 Å². The van der Waals surface area contributed by atoms with E-state index in [1.807, 2.05) is 19.9 Å². The minimum absolute atomic E-state index is 0.111. The lowest BCUT2D eigenvalue weighted by Gasteiger charge is -2.32. The average Bonchev–Trinajstić information content (AvgIpc) is 2.68. The van der Waals surface area contributed by atoms with Gasteiger partial charge in [0.05, 0.1) is 11.4 Å². The van der Waals surface area contributed by atoms with E-state index in [4.69, 9.17) is 0 Å². The molecule has 1 fully saturated rings. The van der Waals surface area contributed by atoms with Gasteiger partial charge in [0, 0.05) is 17.8 Å². The number of carbonyl (C=O) groups is 1. The maximum absolute atomic E-state index is 13.3. The van der Waals surface area contributed by atoms with Crippen molar-refractivity contribution in [3.63, 3.8) is 0 Å². The van der Waals surface area contributed by atoms with E-state index in [2.05, 4.69) is 0 Å². The fraction of sp³-hybridized carbons (Fsp3) is 0.615. The third-order valence-corrected chi connectivity index (χ3v) is 4.37. The number of nitrogens with zero attached hydrogens (tertiary/aromatic N) is 1. The standard InChI is InChI=1S/C13H17F2NOS/c1-3-10-7-11(18-9(10)2)12(17)16-6-4-5-13(14,15)8-16/h7H,3-6,8H2,1-2H3. The Bertz CT molecular complexity index is 456. The fourth-order valence-corrected chi connectivity index (χ4v) is 3.35. The van der Waals surface area contributed by atoms with Crippen LogP contribution >= 0.6 is 11.3 Å². The Morgan fingerprint density at radius 3 is 2.83 bits per heavy atom. The lowest BCUT2D eigenvalue weighted by atomic mass is 10.1. The van der Waals surface area contributed by atoms with Crippen LogP contribution in [0.3, 0.4) is 0 Å². The number of hydrogen-bond donors (Lipinski definition) is 0. The average molecular weight is 273 g/mol. The van der Waals surface area contributed by atoms with Gasteiger partial charge in [0.2, 0.25) is 0 Å². The molecule has 1 aliphatic rings. The van der Waals surface area contributed by atoms with Crippen LogP contribution < -0.4 is 0 Å². The Balaban J connectivity index is 2.15. The van der Waals surface area contributed by atoms with Gasteiger partial charge in [-0.05, 0) is 31.4 Å². The molecule has 1 aliphatic heterocycles. The van der Waals surface area contributed by atoms with Gasteiger partial charge in [-0.2, -0.15) is 0 Å². The molecule has 2 nitrogen and oxygen atoms in total. The molecule has 0 bridgehead atoms. The van der Waals surface area contributed by atoms with Crippen molar-refractivity contribution in [2.45, 2.75) is 39.0 Å². The largest absolute Gasteiger partial charge is 0.332 e. The van der Waals surface area contributed by atoms with Crippen LogP contribution in [-0.2, 0) is 6.42 Å². The number of likely N-dealkylation sites (tertiary alicyclic amines) is 1. The predicted octanol–water partition coefficient (Wildman–Crippen LogP) is 3.49. The third kappa shape index (κ3) is 2.71. The van der Waals surface area contributed by atoms with Crippen LogP contribution in [0.15, 0.2) is 6.07 Å². The van der Waals surface area contributed by atoms with Crippen LogP contribution in [0.25, 0.3) is 0 Å². The zero-order valence-corrected chi connectivity index (χ0v) is 11.4. The SMILES string of the molecule is CCc1cc(C(=O)N2CCCC(F)(F)C2)sc1C. The molecular formula is C13H17F2NOS. The van der Waals surface area contributed by atoms with Crippen molar-refractivity contribution in [3.05, 3.63) is 21.4 Å². The molecule has 0 aromatic carbocycles. The molecule has 100 valence electrons. The highest BCUT2D eigenvalue weighted by Gasteiger charge is 2.37. The minimum Gasteiger partial charge on any atom is -0.332 e. The molecule has 18 heavy (non-hydrogen) atoms. The molecule has 1 saturated heterocycles. The van der Waals surface area contributed by atoms with Gasteiger partial charge in [-0.25, -0.2) is 8.78 Å². The molecule has 0 unspecified atom stereocenters. The lowest BCUT2D eigenvalue weighted by molar-refractivity contribution is -0.0559. The Morgan fingerprint density at radius 1 is 1.56 bits per heavy atom. The number of halogens is 2. The zero-order chi connectivity index (χ0) is 13.3. The van der Waals surface area contributed by atoms with Crippen molar-refractivity contribution < 1.29 is 13.6 Å². The molecule has 0 aliphatic carbocycles. The van der Waals surface area contributed by atoms with Crippen molar-refractivity contribution in [1.82, 2.24) is 4.90 Å². The Kier molecular flexibility index (Phi) is 3.71. The van der Waals surface area contributed by atoms with Gasteiger partial charge in [-0.1, -0.05) is 6.92 Å². The molecule has 5 heteroatoms. The van der Waals surface area contributed by atoms with E-state index < -0.39 is 12.5 Å². The van der Waals surface area contributed by atoms with Gasteiger partial charge < -0.3 is 4.90 Å². The van der Waals surface area contributed by atoms with Gasteiger partial charge in [0.15, 0.2) is 0 Å². The number of aryl methyl sites for hydroxylation is 2. The first kappa shape index (κ1) is 13.5. The number of rotatable bonds is 2. The summed E-state index contributed by atoms with van der Waals surface area (Å²) in [6, 6.07) is 1.84. The van der Waals surface area contributed by atoms with E-state index in [0.29, 0.717) is 17.8 Å². The van der Waals surface area contributed by atoms with Crippen LogP contribution in [0.1, 0.15) is 39.9 Å². The number of hydrogen-bond acceptors (Lipinski definition) is 2. The van der Waals surface area contributed by atoms with Gasteiger partial charge >= 0.3 is 0 Å². The highest BCUT2D eigenvalue weighted by Crippen LogP contribution is 2.29. The van der Waals surface area contributed by atoms with Crippen molar-refractivity contribution in [3.8, 4) is 0 Å². The topological polar surface area (TPSA) is 20.3 Å². The summed E-state index contributed by atoms with van der Waals surface area (Å²) in [5.74, 6) is -2.98. The molecule has 0 radical (unpaired) electrons. The maximum atomic E-state index is 13.3. The van der Waals surface area contributed by atoms with E-state index in [9.17, 15) is 13.6 Å². The summed E-state index contributed by atoms with van der Waals surface area (Å²) in [4.78, 5) is 15.1. The second-order valence-corrected chi connectivity index (χ2v) is 5.99. The van der Waals surface area contributed by atoms with Gasteiger partial charge in [-0.3, -0.25) is 4.79 Å². The molecule has 1 aromatic heterocycles. The second-order valence-electron chi connectivity index (χ2n) is 4.73. The number of alkyl halides is 2. The number of piperidine rings is 1. The van der Waals surface area contributed by atoms with E-state index in [1.54, 1.807) is 0 Å². The smallest absolute Gasteiger partial charge is 0.265 e. The first-order valence-corrected chi connectivity index (χ1v) is 7.01. The predicted molar refractivity (Wildman–Crippen MR) is 68.5 cm³/mol. The summed E-state index contributed by atoms with van der Waals surface area (Å²) in [5, 5.41) is 0. The number of carbonyl (C=O) groups excluding carboxylic acids is 1. The first-order chi connectivity index (χ1) is 8.43. The van der Waals surface area contributed by atoms with Crippen molar-refractivity contribution in [2.75, 3.05) is 13.1 Å². The number of amides is 1. The Morgan fingerprint density at radius 2 is 2.28 bits per heavy atom. The van der Waals surface area contributed by atoms with Crippen LogP contribution in [0.2, 0.25) is 0 Å². The van der Waals surface area contributed by atoms with Gasteiger partial charge in [0.25, 0.3) is 11.8 Å². The van der Waals surface area contributed by atoms with E-state index in [0.717, 1.165) is 16.9 Å². The van der Waals surface area contributed by atoms with Crippen molar-refractivity contribution in [1.29, 1.82) is 0 Å². The summed E-state index contributed by atoms with van der Waals surface area (Å²) in [7, 11) is 0. The molecular weight excluding hydrogens is 256 g/mol. The quantitative estimate of drug-likeness (QED) is 0.807. The Labute approximate surface area is 110 Å². The van der Waals surface area contributed by atoms with Crippen LogP contribution in [0, 0.1) is 6.92 Å². The summed E-state index contributed by atoms with van der Waals surface area (Å²) in [6.45, 7) is 3.99. The van der Waals surface area contributed by atoms with Crippen molar-refractivity contribution in [2.24, 2.45) is 0 Å². The third-order valence-electron chi connectivity index (χ3n) is 3.29. The van der Waals surface area contributed by atoms with E-state index in [1.165, 1.54) is 16.2 Å². The lowest BCUT2D eigenvalue weighted by Crippen LogP contribution is -2.45. The zero-order valence-electron chi connectivity index (χ0n) is 10.6. The molecule has 2 heterocycles. The fourth-order valence-electron chi connectivity index (χ4n) is 2.27. The molecule has 1 amide bonds. The summed E-state index contributed by atoms with van der Waals surface area (Å²) >= 11 is 1.40. The summed E-state index contributed by atoms with van der Waals surface area (Å²) in [6.07, 6.45) is 1.13. The molecule has 0 N–H and O–H groups in total. The molecule has 0 atom stereocenters. The summed E-state index contributed by atoms with van der Waals surface area (Å²) < 4.78 is 26.6. The normalized spacial score (nSPS) is 19.0. The van der Waals surface area contributed by atoms with Crippen LogP contribution in [0.5, 0.6) is 0 Å². The molecule has 1 aromatic rings. The monoisotopic (exact) mass is 273 g/mol. The first-order valence-electron chi connectivity index (χ1n) is 6.19. The van der Waals surface area contributed by atoms with Crippen LogP contribution in [-0.4, -0.2) is 29.8 Å². The molecule has 2 rings (SSSR count). The number of thiophene rings is 1. The highest BCUT2D eigenvalue weighted by atomic mass is 32.1. The second kappa shape index (κ2) is 4.96. The molecule has 0 saturated carbocycles. The van der Waals surface area contributed by atoms with E-state index in [-0.39, 0.29) is 12.3 Å².